The number of guanidine groups is 1. The Hall–Kier alpha value is -8.08. The van der Waals surface area contributed by atoms with Crippen LogP contribution in [0.15, 0.2) is 59.6 Å². The van der Waals surface area contributed by atoms with Crippen LogP contribution in [0.2, 0.25) is 0 Å². The van der Waals surface area contributed by atoms with E-state index in [-0.39, 0.29) is 68.6 Å². The highest BCUT2D eigenvalue weighted by Crippen LogP contribution is 2.15. The van der Waals surface area contributed by atoms with Gasteiger partial charge in [-0.1, -0.05) is 70.2 Å². The molecule has 422 valence electrons. The first-order valence-electron chi connectivity index (χ1n) is 23.6. The lowest BCUT2D eigenvalue weighted by atomic mass is 10.00. The molecule has 0 radical (unpaired) electrons. The Bertz CT molecular complexity index is 2300. The number of primary amides is 1. The van der Waals surface area contributed by atoms with Crippen molar-refractivity contribution in [2.24, 2.45) is 39.8 Å². The van der Waals surface area contributed by atoms with Crippen molar-refractivity contribution < 1.29 is 81.5 Å². The fraction of sp³-hybridized carbons (Fsp3) is 0.511. The molecule has 0 unspecified atom stereocenters. The lowest BCUT2D eigenvalue weighted by molar-refractivity contribution is -0.192. The number of aliphatic hydroxyl groups excluding tert-OH is 1. The maximum atomic E-state index is 14.1. The van der Waals surface area contributed by atoms with E-state index in [0.29, 0.717) is 11.1 Å². The predicted molar refractivity (Wildman–Crippen MR) is 266 cm³/mol. The van der Waals surface area contributed by atoms with Crippen molar-refractivity contribution in [2.75, 3.05) is 19.7 Å². The van der Waals surface area contributed by atoms with E-state index in [4.69, 9.17) is 37.9 Å². The smallest absolute Gasteiger partial charge is 0.490 e. The van der Waals surface area contributed by atoms with E-state index in [0.717, 1.165) is 0 Å². The number of benzene rings is 2. The van der Waals surface area contributed by atoms with E-state index in [2.05, 4.69) is 42.2 Å². The van der Waals surface area contributed by atoms with Crippen molar-refractivity contribution in [3.63, 3.8) is 0 Å². The third-order valence-corrected chi connectivity index (χ3v) is 10.4. The molecule has 0 spiro atoms. The van der Waals surface area contributed by atoms with Crippen LogP contribution in [-0.4, -0.2) is 154 Å². The van der Waals surface area contributed by atoms with Crippen molar-refractivity contribution >= 4 is 65.2 Å². The highest BCUT2D eigenvalue weighted by molar-refractivity contribution is 5.97. The van der Waals surface area contributed by atoms with Gasteiger partial charge in [0.1, 0.15) is 42.0 Å². The van der Waals surface area contributed by atoms with Crippen LogP contribution in [0.25, 0.3) is 0 Å². The molecule has 0 bridgehead atoms. The number of halogens is 3. The maximum absolute atomic E-state index is 14.1. The second-order valence-corrected chi connectivity index (χ2v) is 18.0. The summed E-state index contributed by atoms with van der Waals surface area (Å²) in [7, 11) is 0. The summed E-state index contributed by atoms with van der Waals surface area (Å²) in [4.78, 5) is 131. The Morgan fingerprint density at radius 3 is 1.54 bits per heavy atom. The number of hydrogen-bond donors (Lipinski definition) is 15. The second kappa shape index (κ2) is 33.0. The van der Waals surface area contributed by atoms with Crippen molar-refractivity contribution in [3.8, 4) is 5.75 Å². The van der Waals surface area contributed by atoms with Gasteiger partial charge >= 0.3 is 18.1 Å². The van der Waals surface area contributed by atoms with Crippen molar-refractivity contribution in [1.82, 2.24) is 37.2 Å². The number of nitrogens with zero attached hydrogens (tertiary/aromatic N) is 1. The number of carbonyl (C=O) groups excluding carboxylic acids is 8. The van der Waals surface area contributed by atoms with Crippen LogP contribution in [0, 0.1) is 11.8 Å². The number of aliphatic imine (C=N–C) groups is 1. The molecule has 0 aliphatic heterocycles. The zero-order valence-corrected chi connectivity index (χ0v) is 42.2. The summed E-state index contributed by atoms with van der Waals surface area (Å²) in [6, 6.07) is 4.36. The lowest BCUT2D eigenvalue weighted by Crippen LogP contribution is -2.61. The van der Waals surface area contributed by atoms with Gasteiger partial charge < -0.3 is 80.6 Å². The molecule has 0 heterocycles. The molecule has 2 aromatic carbocycles. The van der Waals surface area contributed by atoms with Gasteiger partial charge in [-0.15, -0.1) is 0 Å². The first-order chi connectivity index (χ1) is 35.4. The summed E-state index contributed by atoms with van der Waals surface area (Å²) in [5, 5.41) is 54.0. The Balaban J connectivity index is 0.00000383. The summed E-state index contributed by atoms with van der Waals surface area (Å²) in [5.41, 5.74) is 23.0. The predicted octanol–water partition coefficient (Wildman–Crippen LogP) is -2.74. The standard InChI is InChI=1S/C45H68N12O12.C2HF3O2/c1-24(2)17-31(38(47)63)52-36(60)22-51-40(65)33(19-26-9-6-5-7-10-26)55-44(69)35(23-58)57-43(68)34(20-27-12-14-28(59)15-13-27)56-42(67)32(18-25(3)4)54-41(66)30(11-8-16-50-45(48)49)53-39(64)29(46)21-37(61)62;3-2(4,5)1(6)7/h5-7,9-10,12-15,24-25,29-35,58-59H,8,11,16-23,46H2,1-4H3,(H2,47,63)(H,51,65)(H,52,60)(H,53,64)(H,54,66)(H,55,69)(H,56,67)(H,57,68)(H,61,62)(H4,48,49,50);(H,6,7)/t29-,30-,31-,32-,33-,34-,35-;/m0./s1. The number of phenolic OH excluding ortho intramolecular Hbond substituents is 1. The van der Waals surface area contributed by atoms with Crippen molar-refractivity contribution in [3.05, 3.63) is 65.7 Å². The van der Waals surface area contributed by atoms with Gasteiger partial charge in [-0.2, -0.15) is 13.2 Å². The van der Waals surface area contributed by atoms with Gasteiger partial charge in [0.05, 0.1) is 25.6 Å². The largest absolute Gasteiger partial charge is 0.508 e. The number of alkyl halides is 3. The minimum absolute atomic E-state index is 0.0101. The molecular weight excluding hydrogens is 1010 g/mol. The van der Waals surface area contributed by atoms with Gasteiger partial charge in [0.2, 0.25) is 47.3 Å². The Morgan fingerprint density at radius 2 is 1.05 bits per heavy atom. The van der Waals surface area contributed by atoms with Crippen molar-refractivity contribution in [2.45, 2.75) is 121 Å². The Kier molecular flexibility index (Phi) is 28.6. The molecule has 0 aliphatic carbocycles. The normalized spacial score (nSPS) is 13.8. The van der Waals surface area contributed by atoms with Crippen LogP contribution in [0.5, 0.6) is 5.75 Å². The van der Waals surface area contributed by atoms with Gasteiger partial charge in [0.15, 0.2) is 5.96 Å². The van der Waals surface area contributed by atoms with E-state index in [9.17, 15) is 66.5 Å². The molecular formula is C47H69F3N12O14. The second-order valence-electron chi connectivity index (χ2n) is 18.0. The van der Waals surface area contributed by atoms with E-state index in [1.807, 2.05) is 13.8 Å². The number of phenols is 1. The Morgan fingerprint density at radius 1 is 0.605 bits per heavy atom. The van der Waals surface area contributed by atoms with Crippen LogP contribution < -0.4 is 60.2 Å². The molecule has 7 atom stereocenters. The molecule has 0 saturated carbocycles. The van der Waals surface area contributed by atoms with E-state index in [1.54, 1.807) is 44.2 Å². The molecule has 0 aromatic heterocycles. The average Bonchev–Trinajstić information content (AvgIpc) is 3.32. The van der Waals surface area contributed by atoms with Crippen LogP contribution in [0.1, 0.15) is 70.9 Å². The summed E-state index contributed by atoms with van der Waals surface area (Å²) in [6.45, 7) is 5.65. The highest BCUT2D eigenvalue weighted by atomic mass is 19.4. The van der Waals surface area contributed by atoms with Crippen LogP contribution >= 0.6 is 0 Å². The summed E-state index contributed by atoms with van der Waals surface area (Å²) in [5.74, 6) is -11.6. The van der Waals surface area contributed by atoms with Gasteiger partial charge in [0.25, 0.3) is 0 Å². The zero-order chi connectivity index (χ0) is 57.9. The highest BCUT2D eigenvalue weighted by Gasteiger charge is 2.38. The number of carboxylic acid groups (broad SMARTS) is 2. The first-order valence-corrected chi connectivity index (χ1v) is 23.6. The third kappa shape index (κ3) is 26.7. The fourth-order valence-corrected chi connectivity index (χ4v) is 6.71. The van der Waals surface area contributed by atoms with E-state index in [1.165, 1.54) is 24.3 Å². The van der Waals surface area contributed by atoms with Crippen LogP contribution in [-0.2, 0) is 60.8 Å². The fourth-order valence-electron chi connectivity index (χ4n) is 6.71. The van der Waals surface area contributed by atoms with Crippen LogP contribution in [0.3, 0.4) is 0 Å². The number of carbonyl (C=O) groups is 10. The number of aliphatic hydroxyl groups is 1. The number of carboxylic acids is 2. The number of aliphatic carboxylic acids is 2. The number of nitrogens with two attached hydrogens (primary N) is 4. The van der Waals surface area contributed by atoms with E-state index >= 15 is 0 Å². The van der Waals surface area contributed by atoms with Crippen molar-refractivity contribution in [1.29, 1.82) is 0 Å². The number of rotatable bonds is 30. The van der Waals surface area contributed by atoms with Gasteiger partial charge in [-0.3, -0.25) is 48.1 Å². The zero-order valence-electron chi connectivity index (χ0n) is 42.2. The maximum Gasteiger partial charge on any atom is 0.490 e. The minimum Gasteiger partial charge on any atom is -0.508 e. The van der Waals surface area contributed by atoms with E-state index < -0.39 is 127 Å². The Labute approximate surface area is 435 Å². The quantitative estimate of drug-likeness (QED) is 0.0214. The first kappa shape index (κ1) is 65.9. The summed E-state index contributed by atoms with van der Waals surface area (Å²) < 4.78 is 31.7. The number of nitrogens with one attached hydrogen (secondary N) is 7. The molecule has 0 aliphatic rings. The number of amides is 8. The van der Waals surface area contributed by atoms with Gasteiger partial charge in [-0.05, 0) is 60.8 Å². The molecule has 0 fully saturated rings. The molecule has 2 rings (SSSR count). The minimum atomic E-state index is -5.08. The molecule has 0 saturated heterocycles. The number of hydrogen-bond acceptors (Lipinski definition) is 14. The average molecular weight is 1080 g/mol. The lowest BCUT2D eigenvalue weighted by Gasteiger charge is -2.28. The summed E-state index contributed by atoms with van der Waals surface area (Å²) >= 11 is 0. The third-order valence-electron chi connectivity index (χ3n) is 10.4. The molecule has 26 nitrogen and oxygen atoms in total. The topological polar surface area (TPSA) is 452 Å². The molecule has 76 heavy (non-hydrogen) atoms. The molecule has 19 N–H and O–H groups in total. The SMILES string of the molecule is CC(C)C[C@H](NC(=O)CNC(=O)[C@H](Cc1ccccc1)NC(=O)[C@H](CO)NC(=O)[C@H](Cc1ccc(O)cc1)NC(=O)[C@H](CC(C)C)NC(=O)[C@H](CCCN=C(N)N)NC(=O)[C@@H](N)CC(=O)O)C(N)=O.O=C(O)C(F)(F)F. The van der Waals surface area contributed by atoms with Gasteiger partial charge in [0, 0.05) is 19.4 Å². The number of aromatic hydroxyl groups is 1. The molecule has 8 amide bonds. The molecule has 29 heteroatoms. The monoisotopic (exact) mass is 1080 g/mol. The van der Waals surface area contributed by atoms with Gasteiger partial charge in [-0.25, -0.2) is 4.79 Å². The molecule has 2 aromatic rings. The summed E-state index contributed by atoms with van der Waals surface area (Å²) in [6.07, 6.45) is -5.80. The van der Waals surface area contributed by atoms with Crippen LogP contribution in [0.4, 0.5) is 13.2 Å².